The van der Waals surface area contributed by atoms with Crippen LogP contribution in [0, 0.1) is 17.8 Å². The van der Waals surface area contributed by atoms with Crippen molar-refractivity contribution in [1.29, 1.82) is 0 Å². The van der Waals surface area contributed by atoms with Gasteiger partial charge in [0.1, 0.15) is 23.9 Å². The van der Waals surface area contributed by atoms with Gasteiger partial charge in [0, 0.05) is 87.2 Å². The molecule has 0 bridgehead atoms. The molecule has 0 aliphatic carbocycles. The monoisotopic (exact) mass is 1260 g/mol. The zero-order valence-electron chi connectivity index (χ0n) is 50.4. The van der Waals surface area contributed by atoms with E-state index in [0.29, 0.717) is 22.6 Å². The number of β-amino-alcohol motifs (C(OH)–C–C–N with tert-alkyl or cyclic N) is 1. The van der Waals surface area contributed by atoms with Crippen LogP contribution in [-0.4, -0.2) is 171 Å². The topological polar surface area (TPSA) is 442 Å². The number of aliphatic hydroxyl groups is 2. The number of nitrogens with one attached hydrogen (secondary N) is 8. The number of fused-ring (bicyclic) bond motifs is 1. The first-order valence-electron chi connectivity index (χ1n) is 29.2. The normalized spacial score (nSPS) is 16.7. The van der Waals surface area contributed by atoms with Crippen molar-refractivity contribution in [1.82, 2.24) is 47.1 Å². The molecule has 4 aromatic rings. The number of para-hydroxylation sites is 1. The van der Waals surface area contributed by atoms with Crippen molar-refractivity contribution in [2.24, 2.45) is 39.9 Å². The molecule has 9 amide bonds. The molecule has 1 aliphatic heterocycles. The van der Waals surface area contributed by atoms with Crippen LogP contribution in [-0.2, 0) is 67.2 Å². The van der Waals surface area contributed by atoms with E-state index in [9.17, 15) is 68.1 Å². The number of H-pyrrole nitrogens is 1. The highest BCUT2D eigenvalue weighted by molar-refractivity contribution is 6.30. The molecule has 1 saturated heterocycles. The summed E-state index contributed by atoms with van der Waals surface area (Å²) in [6, 6.07) is 10.3. The van der Waals surface area contributed by atoms with Gasteiger partial charge in [-0.3, -0.25) is 52.9 Å². The van der Waals surface area contributed by atoms with E-state index < -0.39 is 144 Å². The summed E-state index contributed by atoms with van der Waals surface area (Å²) in [7, 11) is 1.49. The standard InChI is InChI=1S/C61H82ClN13O14/c1-32(2)21-45(51(80)25-37(9-8-20-67-60(65)66-5)56(85)73-48(55(64)84)24-38-29-68-44-11-7-6-10-42(38)44)74-61(89)69-30-53(82)46(22-35-12-16-39(62)17-13-35)71-57(86)43(33(3)76)27-52(81)47(28-54(63)83)72-58(87)50-26-41(79)31-75(50)59(88)49(70-34(4)77)23-36-14-18-40(78)19-15-36/h6-7,10-19,29,32-33,37,41,43,45-50,68,76,78-79H,8-9,20-28,30-31H2,1-5H3,(H2,63,83)(H2,64,84)(H,70,77)(H,71,86)(H,72,87)(H,73,85)(H3,65,66,67)(H2,69,74,89)/t33-,37-,41-,43+,45+,46+,47+,48+,49-,50+/m1/s1. The Bertz CT molecular complexity index is 3190. The summed E-state index contributed by atoms with van der Waals surface area (Å²) >= 11 is 6.14. The van der Waals surface area contributed by atoms with Crippen LogP contribution in [0.25, 0.3) is 10.9 Å². The number of guanidine groups is 1. The van der Waals surface area contributed by atoms with E-state index in [-0.39, 0.29) is 75.7 Å². The summed E-state index contributed by atoms with van der Waals surface area (Å²) in [5.74, 6) is -10.8. The Morgan fingerprint density at radius 3 is 1.97 bits per heavy atom. The summed E-state index contributed by atoms with van der Waals surface area (Å²) in [6.45, 7) is 5.19. The average molecular weight is 1260 g/mol. The number of aliphatic hydroxyl groups excluding tert-OH is 2. The highest BCUT2D eigenvalue weighted by Gasteiger charge is 2.43. The Kier molecular flexibility index (Phi) is 27.0. The second-order valence-electron chi connectivity index (χ2n) is 22.7. The van der Waals surface area contributed by atoms with Crippen molar-refractivity contribution in [2.45, 2.75) is 140 Å². The van der Waals surface area contributed by atoms with E-state index in [1.807, 2.05) is 38.1 Å². The fourth-order valence-corrected chi connectivity index (χ4v) is 10.5. The Morgan fingerprint density at radius 2 is 1.35 bits per heavy atom. The van der Waals surface area contributed by atoms with Crippen LogP contribution in [0.2, 0.25) is 5.02 Å². The van der Waals surface area contributed by atoms with E-state index in [2.05, 4.69) is 47.2 Å². The Balaban J connectivity index is 1.29. The van der Waals surface area contributed by atoms with Gasteiger partial charge in [0.05, 0.1) is 49.2 Å². The number of phenols is 1. The molecule has 0 unspecified atom stereocenters. The predicted molar refractivity (Wildman–Crippen MR) is 329 cm³/mol. The highest BCUT2D eigenvalue weighted by Crippen LogP contribution is 2.24. The number of hydrogen-bond acceptors (Lipinski definition) is 15. The largest absolute Gasteiger partial charge is 0.508 e. The zero-order valence-corrected chi connectivity index (χ0v) is 51.1. The van der Waals surface area contributed by atoms with Crippen LogP contribution < -0.4 is 54.4 Å². The molecule has 28 heteroatoms. The van der Waals surface area contributed by atoms with Gasteiger partial charge in [0.25, 0.3) is 0 Å². The van der Waals surface area contributed by atoms with Crippen LogP contribution in [0.1, 0.15) is 89.3 Å². The SMILES string of the molecule is CN=C(N)NCCC[C@H](CC(=O)[C@H](CC(C)C)NC(=O)NCC(=O)[C@H](Cc1ccc(Cl)cc1)NC(=O)[C@@H](CC(=O)[C@H](CC(N)=O)NC(=O)[C@@H]1C[C@@H](O)CN1C(=O)[C@@H](Cc1ccc(O)cc1)NC(C)=O)[C@@H](C)O)C(=O)N[C@@H](Cc1c[nH]c2ccccc12)C(N)=O. The number of likely N-dealkylation sites (tertiary alicyclic amines) is 1. The molecule has 89 heavy (non-hydrogen) atoms. The summed E-state index contributed by atoms with van der Waals surface area (Å²) < 4.78 is 0. The number of halogens is 1. The van der Waals surface area contributed by atoms with E-state index >= 15 is 0 Å². The second kappa shape index (κ2) is 34.0. The number of hydrogen-bond donors (Lipinski definition) is 14. The van der Waals surface area contributed by atoms with Gasteiger partial charge < -0.3 is 79.6 Å². The quantitative estimate of drug-likeness (QED) is 0.0166. The summed E-state index contributed by atoms with van der Waals surface area (Å²) in [5, 5.41) is 50.9. The number of ketones is 3. The van der Waals surface area contributed by atoms with Gasteiger partial charge in [0.2, 0.25) is 41.4 Å². The fraction of sp³-hybridized carbons (Fsp3) is 0.475. The molecule has 0 radical (unpaired) electrons. The number of rotatable bonds is 34. The lowest BCUT2D eigenvalue weighted by Crippen LogP contribution is -2.56. The van der Waals surface area contributed by atoms with Gasteiger partial charge in [-0.1, -0.05) is 67.9 Å². The third-order valence-electron chi connectivity index (χ3n) is 15.1. The van der Waals surface area contributed by atoms with Gasteiger partial charge in [-0.2, -0.15) is 0 Å². The minimum absolute atomic E-state index is 0.0436. The molecule has 2 heterocycles. The van der Waals surface area contributed by atoms with Crippen LogP contribution in [0.4, 0.5) is 4.79 Å². The Morgan fingerprint density at radius 1 is 0.719 bits per heavy atom. The van der Waals surface area contributed by atoms with Crippen molar-refractivity contribution >= 4 is 93.2 Å². The number of benzene rings is 3. The molecule has 1 aliphatic rings. The summed E-state index contributed by atoms with van der Waals surface area (Å²) in [4.78, 5) is 158. The molecule has 10 atom stereocenters. The Hall–Kier alpha value is -8.95. The number of nitrogens with zero attached hydrogens (tertiary/aromatic N) is 2. The maximum Gasteiger partial charge on any atom is 0.315 e. The molecule has 482 valence electrons. The van der Waals surface area contributed by atoms with Crippen LogP contribution in [0.3, 0.4) is 0 Å². The molecule has 17 N–H and O–H groups in total. The zero-order chi connectivity index (χ0) is 65.6. The number of urea groups is 1. The number of aliphatic imine (C=N–C) groups is 1. The van der Waals surface area contributed by atoms with E-state index in [0.717, 1.165) is 21.4 Å². The maximum atomic E-state index is 14.3. The van der Waals surface area contributed by atoms with Gasteiger partial charge in [0.15, 0.2) is 23.3 Å². The minimum atomic E-state index is -1.73. The van der Waals surface area contributed by atoms with Crippen LogP contribution in [0.15, 0.2) is 84.0 Å². The maximum absolute atomic E-state index is 14.3. The highest BCUT2D eigenvalue weighted by atomic mass is 35.5. The molecule has 0 spiro atoms. The second-order valence-corrected chi connectivity index (χ2v) is 23.1. The lowest BCUT2D eigenvalue weighted by molar-refractivity contribution is -0.142. The molecular formula is C61H82ClN13O14. The van der Waals surface area contributed by atoms with E-state index in [1.165, 1.54) is 57.3 Å². The van der Waals surface area contributed by atoms with Crippen molar-refractivity contribution < 1.29 is 68.1 Å². The molecule has 1 fully saturated rings. The number of aromatic amines is 1. The molecule has 1 aromatic heterocycles. The third-order valence-corrected chi connectivity index (χ3v) is 15.4. The molecule has 5 rings (SSSR count). The molecule has 27 nitrogen and oxygen atoms in total. The van der Waals surface area contributed by atoms with Crippen LogP contribution in [0.5, 0.6) is 5.75 Å². The van der Waals surface area contributed by atoms with Gasteiger partial charge in [-0.25, -0.2) is 4.79 Å². The van der Waals surface area contributed by atoms with Crippen molar-refractivity contribution in [2.75, 3.05) is 26.7 Å². The number of carbonyl (C=O) groups is 11. The van der Waals surface area contributed by atoms with Crippen molar-refractivity contribution in [3.05, 3.63) is 101 Å². The number of aromatic hydroxyl groups is 1. The number of nitrogens with two attached hydrogens (primary N) is 3. The van der Waals surface area contributed by atoms with E-state index in [4.69, 9.17) is 28.8 Å². The lowest BCUT2D eigenvalue weighted by Gasteiger charge is -2.30. The smallest absolute Gasteiger partial charge is 0.315 e. The third kappa shape index (κ3) is 22.3. The first-order chi connectivity index (χ1) is 42.1. The van der Waals surface area contributed by atoms with Gasteiger partial charge in [-0.05, 0) is 85.5 Å². The van der Waals surface area contributed by atoms with Crippen LogP contribution >= 0.6 is 11.6 Å². The van der Waals surface area contributed by atoms with E-state index in [1.54, 1.807) is 18.3 Å². The first-order valence-corrected chi connectivity index (χ1v) is 29.6. The number of aromatic nitrogens is 1. The molecule has 0 saturated carbocycles. The number of amides is 9. The number of carbonyl (C=O) groups excluding carboxylic acids is 11. The summed E-state index contributed by atoms with van der Waals surface area (Å²) in [5.41, 5.74) is 19.7. The first kappa shape index (κ1) is 70.8. The Labute approximate surface area is 519 Å². The summed E-state index contributed by atoms with van der Waals surface area (Å²) in [6.07, 6.45) is -3.07. The minimum Gasteiger partial charge on any atom is -0.508 e. The van der Waals surface area contributed by atoms with Crippen molar-refractivity contribution in [3.63, 3.8) is 0 Å². The predicted octanol–water partition coefficient (Wildman–Crippen LogP) is -0.0347. The fourth-order valence-electron chi connectivity index (χ4n) is 10.4. The molecular weight excluding hydrogens is 1170 g/mol. The molecule has 3 aromatic carbocycles. The van der Waals surface area contributed by atoms with Gasteiger partial charge >= 0.3 is 6.03 Å². The number of Topliss-reactive ketones (excluding diaryl/α,β-unsaturated/α-hetero) is 3. The lowest BCUT2D eigenvalue weighted by atomic mass is 9.90. The van der Waals surface area contributed by atoms with Gasteiger partial charge in [-0.15, -0.1) is 0 Å². The number of phenolic OH excluding ortho intramolecular Hbond substituents is 1. The average Bonchev–Trinajstić information content (AvgIpc) is 3.84. The van der Waals surface area contributed by atoms with Crippen molar-refractivity contribution in [3.8, 4) is 5.75 Å². The number of primary amides is 2.